The van der Waals surface area contributed by atoms with E-state index in [1.54, 1.807) is 0 Å². The van der Waals surface area contributed by atoms with Crippen LogP contribution in [-0.4, -0.2) is 10.4 Å². The highest BCUT2D eigenvalue weighted by Crippen LogP contribution is 2.59. The average molecular weight is 582 g/mol. The van der Waals surface area contributed by atoms with Gasteiger partial charge in [-0.05, 0) is 118 Å². The fraction of sp³-hybridized carbons (Fsp3) is 0.500. The molecule has 0 saturated heterocycles. The van der Waals surface area contributed by atoms with Gasteiger partial charge >= 0.3 is 0 Å². The van der Waals surface area contributed by atoms with E-state index >= 15 is 0 Å². The van der Waals surface area contributed by atoms with E-state index in [1.165, 1.54) is 110 Å². The lowest BCUT2D eigenvalue weighted by Gasteiger charge is -2.52. The fourth-order valence-corrected chi connectivity index (χ4v) is 8.41. The molecule has 1 aliphatic heterocycles. The van der Waals surface area contributed by atoms with Crippen LogP contribution in [-0.2, 0) is 0 Å². The predicted molar refractivity (Wildman–Crippen MR) is 184 cm³/mol. The van der Waals surface area contributed by atoms with E-state index < -0.39 is 0 Å². The van der Waals surface area contributed by atoms with Gasteiger partial charge in [0.05, 0.1) is 11.6 Å². The Hall–Kier alpha value is -2.51. The zero-order chi connectivity index (χ0) is 30.0. The van der Waals surface area contributed by atoms with Crippen molar-refractivity contribution in [2.45, 2.75) is 110 Å². The van der Waals surface area contributed by atoms with Crippen LogP contribution in [0.3, 0.4) is 0 Å². The van der Waals surface area contributed by atoms with Gasteiger partial charge in [-0.1, -0.05) is 105 Å². The van der Waals surface area contributed by atoms with E-state index in [-0.39, 0.29) is 5.54 Å². The summed E-state index contributed by atoms with van der Waals surface area (Å²) in [5.74, 6) is 2.46. The van der Waals surface area contributed by atoms with Gasteiger partial charge < -0.3 is 4.90 Å². The maximum absolute atomic E-state index is 6.56. The lowest BCUT2D eigenvalue weighted by Crippen LogP contribution is -2.50. The van der Waals surface area contributed by atoms with Crippen LogP contribution in [0.5, 0.6) is 0 Å². The first kappa shape index (κ1) is 30.9. The van der Waals surface area contributed by atoms with Crippen molar-refractivity contribution in [1.29, 1.82) is 0 Å². The summed E-state index contributed by atoms with van der Waals surface area (Å²) in [6.45, 7) is 21.2. The monoisotopic (exact) mass is 581 g/mol. The smallest absolute Gasteiger partial charge is 0.0603 e. The first-order valence-electron chi connectivity index (χ1n) is 16.5. The third-order valence-corrected chi connectivity index (χ3v) is 10.5. The molecule has 42 heavy (non-hydrogen) atoms. The lowest BCUT2D eigenvalue weighted by atomic mass is 9.64. The van der Waals surface area contributed by atoms with Crippen molar-refractivity contribution < 1.29 is 0 Å². The molecule has 0 aromatic heterocycles. The number of hydrogen-bond acceptors (Lipinski definition) is 1. The minimum absolute atomic E-state index is 0.0570. The summed E-state index contributed by atoms with van der Waals surface area (Å²) in [5.41, 5.74) is 10.1. The minimum atomic E-state index is 0.0570. The van der Waals surface area contributed by atoms with E-state index in [0.29, 0.717) is 12.0 Å². The van der Waals surface area contributed by atoms with Crippen LogP contribution < -0.4 is 0 Å². The van der Waals surface area contributed by atoms with Crippen molar-refractivity contribution in [3.05, 3.63) is 107 Å². The van der Waals surface area contributed by atoms with E-state index in [2.05, 4.69) is 94.3 Å². The third kappa shape index (κ3) is 6.67. The Labute approximate surface area is 261 Å². The molecular weight excluding hydrogens is 530 g/mol. The second kappa shape index (κ2) is 13.0. The summed E-state index contributed by atoms with van der Waals surface area (Å²) in [6.07, 6.45) is 17.2. The molecule has 3 aliphatic carbocycles. The molecule has 1 nitrogen and oxygen atoms in total. The first-order valence-corrected chi connectivity index (χ1v) is 16.9. The van der Waals surface area contributed by atoms with Crippen LogP contribution in [0.4, 0.5) is 0 Å². The number of benzene rings is 2. The standard InChI is InChI=1S/C34H40ClN.C6H12/c1-22(2)25-9-11-27(12-10-25)33(28-13-14-28)36-24(4)32(30-17-23(3)18-31(35)19-30)21-34(36)16-15-26-7-5-6-8-29(26)20-34;1-4-5-6(2)3/h9-12,17-19,21,26,28-29,33H,1,4-8,13-16,20H2,2-3H3;2,4-5H2,1,3H3. The summed E-state index contributed by atoms with van der Waals surface area (Å²) in [6, 6.07) is 16.1. The zero-order valence-electron chi connectivity index (χ0n) is 26.7. The molecule has 3 fully saturated rings. The molecule has 0 bridgehead atoms. The topological polar surface area (TPSA) is 3.24 Å². The Kier molecular flexibility index (Phi) is 9.58. The van der Waals surface area contributed by atoms with Crippen LogP contribution in [0, 0.1) is 24.7 Å². The molecule has 2 aromatic rings. The third-order valence-electron chi connectivity index (χ3n) is 10.2. The van der Waals surface area contributed by atoms with Crippen LogP contribution in [0.25, 0.3) is 11.1 Å². The summed E-state index contributed by atoms with van der Waals surface area (Å²) < 4.78 is 0. The highest BCUT2D eigenvalue weighted by molar-refractivity contribution is 6.30. The molecule has 224 valence electrons. The van der Waals surface area contributed by atoms with Gasteiger partial charge in [-0.2, -0.15) is 0 Å². The molecular formula is C40H52ClN. The van der Waals surface area contributed by atoms with Crippen molar-refractivity contribution in [2.75, 3.05) is 0 Å². The molecule has 3 saturated carbocycles. The quantitative estimate of drug-likeness (QED) is 0.294. The molecule has 4 unspecified atom stereocenters. The maximum Gasteiger partial charge on any atom is 0.0603 e. The van der Waals surface area contributed by atoms with Crippen molar-refractivity contribution in [3.8, 4) is 0 Å². The van der Waals surface area contributed by atoms with Crippen molar-refractivity contribution in [1.82, 2.24) is 4.90 Å². The van der Waals surface area contributed by atoms with Crippen molar-refractivity contribution in [3.63, 3.8) is 0 Å². The number of hydrogen-bond donors (Lipinski definition) is 0. The van der Waals surface area contributed by atoms with Crippen molar-refractivity contribution >= 4 is 22.7 Å². The molecule has 4 atom stereocenters. The van der Waals surface area contributed by atoms with Crippen LogP contribution >= 0.6 is 11.6 Å². The number of aryl methyl sites for hydroxylation is 1. The van der Waals surface area contributed by atoms with E-state index in [1.807, 2.05) is 0 Å². The van der Waals surface area contributed by atoms with Gasteiger partial charge in [-0.25, -0.2) is 0 Å². The van der Waals surface area contributed by atoms with E-state index in [4.69, 9.17) is 18.2 Å². The Balaban J connectivity index is 0.000000535. The van der Waals surface area contributed by atoms with Crippen LogP contribution in [0.15, 0.2) is 79.5 Å². The molecule has 0 N–H and O–H groups in total. The summed E-state index contributed by atoms with van der Waals surface area (Å²) >= 11 is 6.56. The van der Waals surface area contributed by atoms with Gasteiger partial charge in [-0.3, -0.25) is 0 Å². The average Bonchev–Trinajstić information content (AvgIpc) is 3.75. The molecule has 4 aliphatic rings. The van der Waals surface area contributed by atoms with Gasteiger partial charge in [0.1, 0.15) is 0 Å². The Morgan fingerprint density at radius 2 is 1.67 bits per heavy atom. The fourth-order valence-electron chi connectivity index (χ4n) is 8.12. The highest BCUT2D eigenvalue weighted by atomic mass is 35.5. The first-order chi connectivity index (χ1) is 20.1. The Morgan fingerprint density at radius 1 is 0.976 bits per heavy atom. The zero-order valence-corrected chi connectivity index (χ0v) is 27.4. The molecule has 0 radical (unpaired) electrons. The summed E-state index contributed by atoms with van der Waals surface area (Å²) in [7, 11) is 0. The van der Waals surface area contributed by atoms with Gasteiger partial charge in [0.2, 0.25) is 0 Å². The van der Waals surface area contributed by atoms with Crippen molar-refractivity contribution in [2.24, 2.45) is 17.8 Å². The number of nitrogens with zero attached hydrogens (tertiary/aromatic N) is 1. The predicted octanol–water partition coefficient (Wildman–Crippen LogP) is 12.1. The Bertz CT molecular complexity index is 1320. The minimum Gasteiger partial charge on any atom is -0.355 e. The van der Waals surface area contributed by atoms with Gasteiger partial charge in [0.25, 0.3) is 0 Å². The number of fused-ring (bicyclic) bond motifs is 1. The molecule has 1 heterocycles. The molecule has 1 spiro atoms. The van der Waals surface area contributed by atoms with Crippen LogP contribution in [0.1, 0.15) is 120 Å². The molecule has 0 amide bonds. The second-order valence-corrected chi connectivity index (χ2v) is 14.4. The largest absolute Gasteiger partial charge is 0.355 e. The lowest BCUT2D eigenvalue weighted by molar-refractivity contribution is 0.0270. The SMILES string of the molecule is C=C(C)CCC.C=C(C)c1ccc(C(C2CC2)N2C(=C)C(c3cc(C)cc(Cl)c3)=CC23CCC2CCCCC2C3)cc1. The normalized spacial score (nSPS) is 25.8. The van der Waals surface area contributed by atoms with E-state index in [9.17, 15) is 0 Å². The van der Waals surface area contributed by atoms with Gasteiger partial charge in [-0.15, -0.1) is 6.58 Å². The Morgan fingerprint density at radius 3 is 2.24 bits per heavy atom. The molecule has 6 rings (SSSR count). The summed E-state index contributed by atoms with van der Waals surface area (Å²) in [4.78, 5) is 2.80. The molecule has 2 heteroatoms. The molecule has 2 aromatic carbocycles. The number of rotatable bonds is 7. The maximum atomic E-state index is 6.56. The second-order valence-electron chi connectivity index (χ2n) is 13.9. The van der Waals surface area contributed by atoms with Gasteiger partial charge in [0, 0.05) is 16.3 Å². The number of halogens is 1. The number of allylic oxidation sites excluding steroid dienone is 3. The summed E-state index contributed by atoms with van der Waals surface area (Å²) in [5, 5.41) is 0.816. The van der Waals surface area contributed by atoms with Crippen LogP contribution in [0.2, 0.25) is 5.02 Å². The van der Waals surface area contributed by atoms with Gasteiger partial charge in [0.15, 0.2) is 0 Å². The van der Waals surface area contributed by atoms with E-state index in [0.717, 1.165) is 22.4 Å². The highest BCUT2D eigenvalue weighted by Gasteiger charge is 2.53.